The number of halogens is 3. The van der Waals surface area contributed by atoms with Crippen molar-refractivity contribution in [3.8, 4) is 0 Å². The number of carbonyl (C=O) groups is 2. The summed E-state index contributed by atoms with van der Waals surface area (Å²) >= 11 is 19.5. The van der Waals surface area contributed by atoms with Crippen LogP contribution in [0.4, 0.5) is 11.4 Å². The van der Waals surface area contributed by atoms with E-state index in [4.69, 9.17) is 39.9 Å². The number of nitrogens with zero attached hydrogens (tertiary/aromatic N) is 1. The zero-order valence-corrected chi connectivity index (χ0v) is 20.1. The number of aliphatic hydroxyl groups is 1. The van der Waals surface area contributed by atoms with E-state index in [0.717, 1.165) is 4.88 Å². The van der Waals surface area contributed by atoms with Crippen molar-refractivity contribution in [3.05, 3.63) is 78.9 Å². The first-order valence-electron chi connectivity index (χ1n) is 9.52. The Kier molecular flexibility index (Phi) is 8.53. The first-order valence-corrected chi connectivity index (χ1v) is 11.5. The van der Waals surface area contributed by atoms with Gasteiger partial charge in [-0.1, -0.05) is 34.8 Å². The maximum atomic E-state index is 12.9. The number of carbonyl (C=O) groups excluding carboxylic acids is 2. The highest BCUT2D eigenvalue weighted by Gasteiger charge is 2.19. The fourth-order valence-corrected chi connectivity index (χ4v) is 4.61. The first kappa shape index (κ1) is 24.5. The van der Waals surface area contributed by atoms with Crippen LogP contribution in [0.5, 0.6) is 0 Å². The van der Waals surface area contributed by atoms with Crippen molar-refractivity contribution in [2.24, 2.45) is 0 Å². The van der Waals surface area contributed by atoms with E-state index in [1.165, 1.54) is 17.4 Å². The summed E-state index contributed by atoms with van der Waals surface area (Å²) in [5.41, 5.74) is 1.06. The van der Waals surface area contributed by atoms with Gasteiger partial charge in [0.25, 0.3) is 11.8 Å². The highest BCUT2D eigenvalue weighted by molar-refractivity contribution is 7.14. The Morgan fingerprint density at radius 2 is 1.66 bits per heavy atom. The Hall–Kier alpha value is -2.13. The number of aliphatic hydroxyl groups excluding tert-OH is 1. The maximum Gasteiger partial charge on any atom is 0.267 e. The fraction of sp³-hybridized carbons (Fsp3) is 0.182. The van der Waals surface area contributed by atoms with E-state index >= 15 is 0 Å². The van der Waals surface area contributed by atoms with Gasteiger partial charge in [-0.05, 0) is 55.6 Å². The van der Waals surface area contributed by atoms with Crippen LogP contribution in [0.3, 0.4) is 0 Å². The van der Waals surface area contributed by atoms with Gasteiger partial charge in [-0.2, -0.15) is 0 Å². The van der Waals surface area contributed by atoms with Crippen molar-refractivity contribution in [3.63, 3.8) is 0 Å². The molecule has 1 heterocycles. The second kappa shape index (κ2) is 11.1. The minimum atomic E-state index is -0.436. The van der Waals surface area contributed by atoms with Crippen LogP contribution in [0.15, 0.2) is 48.5 Å². The molecule has 0 fully saturated rings. The van der Waals surface area contributed by atoms with Crippen LogP contribution < -0.4 is 10.6 Å². The maximum absolute atomic E-state index is 12.9. The number of likely N-dealkylation sites (N-methyl/N-ethyl adjacent to an activating group) is 1. The normalized spacial score (nSPS) is 10.9. The average Bonchev–Trinajstić information content (AvgIpc) is 3.11. The molecule has 0 radical (unpaired) electrons. The molecule has 0 bridgehead atoms. The van der Waals surface area contributed by atoms with Gasteiger partial charge in [-0.15, -0.1) is 11.3 Å². The molecule has 32 heavy (non-hydrogen) atoms. The number of rotatable bonds is 8. The molecular formula is C22H20Cl3N3O3S. The van der Waals surface area contributed by atoms with Crippen molar-refractivity contribution in [1.82, 2.24) is 4.90 Å². The molecule has 0 aliphatic heterocycles. The second-order valence-electron chi connectivity index (χ2n) is 6.96. The lowest BCUT2D eigenvalue weighted by molar-refractivity contribution is 0.102. The molecule has 10 heteroatoms. The predicted octanol–water partition coefficient (Wildman–Crippen LogP) is 5.64. The number of hydrogen-bond donors (Lipinski definition) is 3. The van der Waals surface area contributed by atoms with Gasteiger partial charge in [-0.25, -0.2) is 0 Å². The summed E-state index contributed by atoms with van der Waals surface area (Å²) in [5, 5.41) is 15.8. The third-order valence-corrected chi connectivity index (χ3v) is 6.44. The highest BCUT2D eigenvalue weighted by Crippen LogP contribution is 2.30. The van der Waals surface area contributed by atoms with Crippen molar-refractivity contribution < 1.29 is 14.7 Å². The molecule has 0 spiro atoms. The van der Waals surface area contributed by atoms with Crippen LogP contribution in [0.1, 0.15) is 24.9 Å². The smallest absolute Gasteiger partial charge is 0.267 e. The zero-order chi connectivity index (χ0) is 23.3. The van der Waals surface area contributed by atoms with Gasteiger partial charge in [0, 0.05) is 33.7 Å². The average molecular weight is 513 g/mol. The van der Waals surface area contributed by atoms with E-state index < -0.39 is 11.8 Å². The summed E-state index contributed by atoms with van der Waals surface area (Å²) in [6, 6.07) is 13.0. The Balaban J connectivity index is 1.79. The standard InChI is InChI=1S/C22H20Cl3N3O3S/c1-28(8-9-29)12-16-11-18(25)20(32-16)22(31)27-19-7-4-14(24)10-17(19)21(30)26-15-5-2-13(23)3-6-15/h2-7,10-11,29H,8-9,12H2,1H3,(H,26,30)(H,27,31). The lowest BCUT2D eigenvalue weighted by Gasteiger charge is -2.13. The summed E-state index contributed by atoms with van der Waals surface area (Å²) in [5.74, 6) is -0.868. The number of nitrogens with one attached hydrogen (secondary N) is 2. The predicted molar refractivity (Wildman–Crippen MR) is 132 cm³/mol. The Morgan fingerprint density at radius 1 is 0.969 bits per heavy atom. The van der Waals surface area contributed by atoms with Gasteiger partial charge in [0.15, 0.2) is 0 Å². The number of hydrogen-bond acceptors (Lipinski definition) is 5. The van der Waals surface area contributed by atoms with Crippen molar-refractivity contribution in [2.75, 3.05) is 30.8 Å². The molecule has 0 unspecified atom stereocenters. The van der Waals surface area contributed by atoms with Gasteiger partial charge in [-0.3, -0.25) is 14.5 Å². The van der Waals surface area contributed by atoms with E-state index in [-0.39, 0.29) is 12.2 Å². The molecule has 2 aromatic carbocycles. The topological polar surface area (TPSA) is 81.7 Å². The summed E-state index contributed by atoms with van der Waals surface area (Å²) in [6.45, 7) is 1.10. The molecule has 168 valence electrons. The van der Waals surface area contributed by atoms with Gasteiger partial charge in [0.1, 0.15) is 4.88 Å². The van der Waals surface area contributed by atoms with E-state index in [1.54, 1.807) is 42.5 Å². The van der Waals surface area contributed by atoms with Crippen LogP contribution in [0.25, 0.3) is 0 Å². The van der Waals surface area contributed by atoms with Gasteiger partial charge < -0.3 is 15.7 Å². The second-order valence-corrected chi connectivity index (χ2v) is 9.37. The van der Waals surface area contributed by atoms with Crippen LogP contribution in [-0.2, 0) is 6.54 Å². The largest absolute Gasteiger partial charge is 0.395 e. The highest BCUT2D eigenvalue weighted by atomic mass is 35.5. The SMILES string of the molecule is CN(CCO)Cc1cc(Cl)c(C(=O)Nc2ccc(Cl)cc2C(=O)Nc2ccc(Cl)cc2)s1. The molecule has 0 aliphatic rings. The van der Waals surface area contributed by atoms with Crippen molar-refractivity contribution >= 4 is 69.3 Å². The van der Waals surface area contributed by atoms with Crippen LogP contribution in [0, 0.1) is 0 Å². The number of thiophene rings is 1. The van der Waals surface area contributed by atoms with Crippen LogP contribution >= 0.6 is 46.1 Å². The molecule has 3 aromatic rings. The molecule has 0 saturated carbocycles. The Bertz CT molecular complexity index is 1120. The van der Waals surface area contributed by atoms with Gasteiger partial charge >= 0.3 is 0 Å². The summed E-state index contributed by atoms with van der Waals surface area (Å²) in [4.78, 5) is 28.9. The van der Waals surface area contributed by atoms with E-state index in [1.807, 2.05) is 11.9 Å². The third-order valence-electron chi connectivity index (χ3n) is 4.43. The van der Waals surface area contributed by atoms with E-state index in [9.17, 15) is 9.59 Å². The number of benzene rings is 2. The lowest BCUT2D eigenvalue weighted by Crippen LogP contribution is -2.20. The van der Waals surface area contributed by atoms with Gasteiger partial charge in [0.2, 0.25) is 0 Å². The quantitative estimate of drug-likeness (QED) is 0.365. The summed E-state index contributed by atoms with van der Waals surface area (Å²) < 4.78 is 0. The Labute approximate surface area is 204 Å². The minimum Gasteiger partial charge on any atom is -0.395 e. The van der Waals surface area contributed by atoms with Crippen molar-refractivity contribution in [1.29, 1.82) is 0 Å². The summed E-state index contributed by atoms with van der Waals surface area (Å²) in [6.07, 6.45) is 0. The summed E-state index contributed by atoms with van der Waals surface area (Å²) in [7, 11) is 1.86. The molecule has 1 aromatic heterocycles. The Morgan fingerprint density at radius 3 is 2.34 bits per heavy atom. The molecule has 0 aliphatic carbocycles. The van der Waals surface area contributed by atoms with Crippen LogP contribution in [0.2, 0.25) is 15.1 Å². The molecule has 2 amide bonds. The fourth-order valence-electron chi connectivity index (χ4n) is 2.89. The third kappa shape index (κ3) is 6.45. The van der Waals surface area contributed by atoms with E-state index in [2.05, 4.69) is 10.6 Å². The monoisotopic (exact) mass is 511 g/mol. The molecule has 6 nitrogen and oxygen atoms in total. The van der Waals surface area contributed by atoms with Gasteiger partial charge in [0.05, 0.1) is 22.9 Å². The zero-order valence-electron chi connectivity index (χ0n) is 17.0. The van der Waals surface area contributed by atoms with Crippen LogP contribution in [-0.4, -0.2) is 42.0 Å². The number of anilines is 2. The molecular weight excluding hydrogens is 493 g/mol. The molecule has 3 rings (SSSR count). The minimum absolute atomic E-state index is 0.0420. The number of amides is 2. The lowest BCUT2D eigenvalue weighted by atomic mass is 10.1. The van der Waals surface area contributed by atoms with E-state index in [0.29, 0.717) is 44.4 Å². The molecule has 0 atom stereocenters. The molecule has 0 saturated heterocycles. The molecule has 3 N–H and O–H groups in total. The first-order chi connectivity index (χ1) is 15.3. The van der Waals surface area contributed by atoms with Crippen molar-refractivity contribution in [2.45, 2.75) is 6.54 Å².